The lowest BCUT2D eigenvalue weighted by molar-refractivity contribution is -0.125. The van der Waals surface area contributed by atoms with Gasteiger partial charge in [0.2, 0.25) is 5.91 Å². The van der Waals surface area contributed by atoms with E-state index in [1.54, 1.807) is 0 Å². The molecule has 1 amide bonds. The number of nitrogens with one attached hydrogen (secondary N) is 1. The Hall–Kier alpha value is -1.51. The van der Waals surface area contributed by atoms with Gasteiger partial charge >= 0.3 is 0 Å². The number of rotatable bonds is 4. The van der Waals surface area contributed by atoms with Gasteiger partial charge < -0.3 is 11.1 Å². The summed E-state index contributed by atoms with van der Waals surface area (Å²) in [4.78, 5) is 12.4. The fourth-order valence-corrected chi connectivity index (χ4v) is 2.70. The van der Waals surface area contributed by atoms with E-state index in [0.717, 1.165) is 17.8 Å². The van der Waals surface area contributed by atoms with Crippen LogP contribution in [0.5, 0.6) is 0 Å². The van der Waals surface area contributed by atoms with Crippen LogP contribution in [-0.2, 0) is 10.2 Å². The van der Waals surface area contributed by atoms with Gasteiger partial charge in [0, 0.05) is 12.2 Å². The second-order valence-corrected chi connectivity index (χ2v) is 6.11. The average Bonchev–Trinajstić information content (AvgIpc) is 2.89. The Morgan fingerprint density at radius 1 is 1.26 bits per heavy atom. The van der Waals surface area contributed by atoms with Crippen molar-refractivity contribution in [3.05, 3.63) is 29.8 Å². The number of carbonyl (C=O) groups excluding carboxylic acids is 1. The number of hydrogen-bond acceptors (Lipinski definition) is 2. The summed E-state index contributed by atoms with van der Waals surface area (Å²) in [5.41, 5.74) is 6.91. The maximum atomic E-state index is 12.4. The Bertz CT molecular complexity index is 431. The minimum atomic E-state index is -0.508. The molecule has 1 aromatic carbocycles. The summed E-state index contributed by atoms with van der Waals surface area (Å²) in [6, 6.07) is 7.57. The molecule has 3 heteroatoms. The number of benzene rings is 1. The summed E-state index contributed by atoms with van der Waals surface area (Å²) in [6.45, 7) is 4.74. The van der Waals surface area contributed by atoms with E-state index < -0.39 is 5.41 Å². The van der Waals surface area contributed by atoms with Crippen molar-refractivity contribution in [2.45, 2.75) is 44.9 Å². The highest BCUT2D eigenvalue weighted by molar-refractivity contribution is 5.87. The minimum Gasteiger partial charge on any atom is -0.399 e. The van der Waals surface area contributed by atoms with E-state index in [2.05, 4.69) is 5.32 Å². The van der Waals surface area contributed by atoms with Gasteiger partial charge in [-0.2, -0.15) is 0 Å². The second kappa shape index (κ2) is 5.64. The molecule has 0 bridgehead atoms. The predicted molar refractivity (Wildman–Crippen MR) is 78.8 cm³/mol. The average molecular weight is 260 g/mol. The zero-order chi connectivity index (χ0) is 13.9. The third kappa shape index (κ3) is 3.28. The second-order valence-electron chi connectivity index (χ2n) is 6.11. The first-order valence-corrected chi connectivity index (χ1v) is 7.14. The number of nitrogens with two attached hydrogens (primary N) is 1. The third-order valence-electron chi connectivity index (χ3n) is 4.23. The van der Waals surface area contributed by atoms with Gasteiger partial charge in [0.05, 0.1) is 5.41 Å². The van der Waals surface area contributed by atoms with Crippen LogP contribution in [0.2, 0.25) is 0 Å². The van der Waals surface area contributed by atoms with Gasteiger partial charge in [-0.15, -0.1) is 0 Å². The van der Waals surface area contributed by atoms with Crippen LogP contribution in [0, 0.1) is 5.92 Å². The van der Waals surface area contributed by atoms with Crippen LogP contribution < -0.4 is 11.1 Å². The van der Waals surface area contributed by atoms with Crippen molar-refractivity contribution in [1.29, 1.82) is 0 Å². The first-order valence-electron chi connectivity index (χ1n) is 7.14. The predicted octanol–water partition coefficient (Wildman–Crippen LogP) is 2.85. The van der Waals surface area contributed by atoms with Crippen molar-refractivity contribution in [1.82, 2.24) is 5.32 Å². The van der Waals surface area contributed by atoms with Gasteiger partial charge in [-0.1, -0.05) is 25.0 Å². The van der Waals surface area contributed by atoms with E-state index >= 15 is 0 Å². The molecular weight excluding hydrogens is 236 g/mol. The maximum Gasteiger partial charge on any atom is 0.230 e. The molecule has 1 aliphatic rings. The van der Waals surface area contributed by atoms with Gasteiger partial charge in [0.1, 0.15) is 0 Å². The standard InChI is InChI=1S/C16H24N2O/c1-16(2,13-7-9-14(17)10-8-13)15(19)18-11-12-5-3-4-6-12/h7-10,12H,3-6,11,17H2,1-2H3,(H,18,19). The summed E-state index contributed by atoms with van der Waals surface area (Å²) in [5, 5.41) is 3.11. The van der Waals surface area contributed by atoms with E-state index in [-0.39, 0.29) is 5.91 Å². The first kappa shape index (κ1) is 13.9. The Balaban J connectivity index is 1.97. The van der Waals surface area contributed by atoms with E-state index in [9.17, 15) is 4.79 Å². The number of hydrogen-bond donors (Lipinski definition) is 2. The Morgan fingerprint density at radius 3 is 2.42 bits per heavy atom. The van der Waals surface area contributed by atoms with E-state index in [4.69, 9.17) is 5.73 Å². The molecule has 0 radical (unpaired) electrons. The number of carbonyl (C=O) groups is 1. The zero-order valence-electron chi connectivity index (χ0n) is 11.9. The summed E-state index contributed by atoms with van der Waals surface area (Å²) in [6.07, 6.45) is 5.12. The highest BCUT2D eigenvalue weighted by Gasteiger charge is 2.30. The molecule has 104 valence electrons. The molecule has 3 nitrogen and oxygen atoms in total. The van der Waals surface area contributed by atoms with Crippen LogP contribution >= 0.6 is 0 Å². The zero-order valence-corrected chi connectivity index (χ0v) is 11.9. The van der Waals surface area contributed by atoms with Crippen molar-refractivity contribution >= 4 is 11.6 Å². The summed E-state index contributed by atoms with van der Waals surface area (Å²) < 4.78 is 0. The van der Waals surface area contributed by atoms with Crippen molar-refractivity contribution in [2.75, 3.05) is 12.3 Å². The van der Waals surface area contributed by atoms with E-state index in [1.165, 1.54) is 25.7 Å². The molecular formula is C16H24N2O. The molecule has 1 aliphatic carbocycles. The monoisotopic (exact) mass is 260 g/mol. The molecule has 1 fully saturated rings. The van der Waals surface area contributed by atoms with Crippen LogP contribution in [0.1, 0.15) is 45.1 Å². The molecule has 0 saturated heterocycles. The molecule has 19 heavy (non-hydrogen) atoms. The summed E-state index contributed by atoms with van der Waals surface area (Å²) >= 11 is 0. The van der Waals surface area contributed by atoms with Crippen LogP contribution in [0.25, 0.3) is 0 Å². The molecule has 1 aromatic rings. The van der Waals surface area contributed by atoms with Crippen molar-refractivity contribution in [3.8, 4) is 0 Å². The van der Waals surface area contributed by atoms with Crippen LogP contribution in [-0.4, -0.2) is 12.5 Å². The molecule has 0 aromatic heterocycles. The lowest BCUT2D eigenvalue weighted by Crippen LogP contribution is -2.41. The lowest BCUT2D eigenvalue weighted by Gasteiger charge is -2.25. The molecule has 1 saturated carbocycles. The van der Waals surface area contributed by atoms with Gasteiger partial charge in [-0.05, 0) is 50.3 Å². The lowest BCUT2D eigenvalue weighted by atomic mass is 9.83. The Kier molecular flexibility index (Phi) is 4.13. The topological polar surface area (TPSA) is 55.1 Å². The normalized spacial score (nSPS) is 16.5. The molecule has 2 rings (SSSR count). The van der Waals surface area contributed by atoms with E-state index in [0.29, 0.717) is 5.92 Å². The van der Waals surface area contributed by atoms with Crippen molar-refractivity contribution in [2.24, 2.45) is 5.92 Å². The fourth-order valence-electron chi connectivity index (χ4n) is 2.70. The van der Waals surface area contributed by atoms with Gasteiger partial charge in [0.25, 0.3) is 0 Å². The van der Waals surface area contributed by atoms with Crippen LogP contribution in [0.3, 0.4) is 0 Å². The fraction of sp³-hybridized carbons (Fsp3) is 0.562. The van der Waals surface area contributed by atoms with Crippen LogP contribution in [0.15, 0.2) is 24.3 Å². The molecule has 0 spiro atoms. The largest absolute Gasteiger partial charge is 0.399 e. The maximum absolute atomic E-state index is 12.4. The molecule has 0 aliphatic heterocycles. The summed E-state index contributed by atoms with van der Waals surface area (Å²) in [7, 11) is 0. The third-order valence-corrected chi connectivity index (χ3v) is 4.23. The Labute approximate surface area is 115 Å². The van der Waals surface area contributed by atoms with E-state index in [1.807, 2.05) is 38.1 Å². The molecule has 0 heterocycles. The summed E-state index contributed by atoms with van der Waals surface area (Å²) in [5.74, 6) is 0.773. The minimum absolute atomic E-state index is 0.101. The highest BCUT2D eigenvalue weighted by atomic mass is 16.2. The first-order chi connectivity index (χ1) is 9.00. The highest BCUT2D eigenvalue weighted by Crippen LogP contribution is 2.26. The van der Waals surface area contributed by atoms with Crippen LogP contribution in [0.4, 0.5) is 5.69 Å². The Morgan fingerprint density at radius 2 is 1.84 bits per heavy atom. The number of anilines is 1. The SMILES string of the molecule is CC(C)(C(=O)NCC1CCCC1)c1ccc(N)cc1. The number of amides is 1. The molecule has 0 unspecified atom stereocenters. The smallest absolute Gasteiger partial charge is 0.230 e. The van der Waals surface area contributed by atoms with Gasteiger partial charge in [-0.3, -0.25) is 4.79 Å². The van der Waals surface area contributed by atoms with Crippen molar-refractivity contribution in [3.63, 3.8) is 0 Å². The van der Waals surface area contributed by atoms with Gasteiger partial charge in [-0.25, -0.2) is 0 Å². The van der Waals surface area contributed by atoms with Gasteiger partial charge in [0.15, 0.2) is 0 Å². The van der Waals surface area contributed by atoms with Crippen molar-refractivity contribution < 1.29 is 4.79 Å². The molecule has 0 atom stereocenters. The molecule has 3 N–H and O–H groups in total. The quantitative estimate of drug-likeness (QED) is 0.818. The number of nitrogen functional groups attached to an aromatic ring is 1.